The molecule has 1 aromatic carbocycles. The van der Waals surface area contributed by atoms with Gasteiger partial charge in [-0.15, -0.1) is 0 Å². The van der Waals surface area contributed by atoms with Gasteiger partial charge in [-0.1, -0.05) is 30.3 Å². The molecule has 2 aromatic rings. The largest absolute Gasteiger partial charge is 0.462 e. The van der Waals surface area contributed by atoms with Crippen molar-refractivity contribution in [1.29, 1.82) is 0 Å². The highest BCUT2D eigenvalue weighted by molar-refractivity contribution is 8.18. The third-order valence-corrected chi connectivity index (χ3v) is 4.67. The lowest BCUT2D eigenvalue weighted by Crippen LogP contribution is -2.36. The first-order chi connectivity index (χ1) is 13.0. The van der Waals surface area contributed by atoms with Crippen LogP contribution in [0.1, 0.15) is 17.1 Å². The summed E-state index contributed by atoms with van der Waals surface area (Å²) in [6.07, 6.45) is 4.60. The number of amides is 3. The summed E-state index contributed by atoms with van der Waals surface area (Å²) in [5.74, 6) is 0.679. The summed E-state index contributed by atoms with van der Waals surface area (Å²) >= 11 is 0.905. The Morgan fingerprint density at radius 3 is 2.67 bits per heavy atom. The van der Waals surface area contributed by atoms with Crippen molar-refractivity contribution in [2.45, 2.75) is 6.92 Å². The number of hydrogen-bond acceptors (Lipinski definition) is 5. The van der Waals surface area contributed by atoms with Crippen molar-refractivity contribution in [3.63, 3.8) is 0 Å². The maximum absolute atomic E-state index is 12.4. The molecule has 0 bridgehead atoms. The normalized spacial score (nSPS) is 15.9. The van der Waals surface area contributed by atoms with E-state index in [1.54, 1.807) is 24.3 Å². The minimum Gasteiger partial charge on any atom is -0.462 e. The Balaban J connectivity index is 1.51. The Kier molecular flexibility index (Phi) is 5.93. The number of thioether (sulfide) groups is 1. The zero-order valence-electron chi connectivity index (χ0n) is 14.7. The number of benzene rings is 1. The molecule has 7 heteroatoms. The number of nitrogens with one attached hydrogen (secondary N) is 1. The quantitative estimate of drug-likeness (QED) is 0.774. The standard InChI is InChI=1S/C20H18N2O4S/c1-14-7-8-16(26-14)9-10-18(23)21-11-12-22-19(24)17(27-20(22)25)13-15-5-3-2-4-6-15/h2-10,13H,11-12H2,1H3,(H,21,23)/b10-9+,17-13-. The van der Waals surface area contributed by atoms with Crippen LogP contribution in [-0.2, 0) is 9.59 Å². The van der Waals surface area contributed by atoms with E-state index in [2.05, 4.69) is 5.32 Å². The molecule has 1 aromatic heterocycles. The number of imide groups is 1. The first kappa shape index (κ1) is 18.7. The van der Waals surface area contributed by atoms with E-state index >= 15 is 0 Å². The SMILES string of the molecule is Cc1ccc(/C=C/C(=O)NCCN2C(=O)S/C(=C\c3ccccc3)C2=O)o1. The fraction of sp³-hybridized carbons (Fsp3) is 0.150. The van der Waals surface area contributed by atoms with E-state index in [1.165, 1.54) is 6.08 Å². The second kappa shape index (κ2) is 8.55. The highest BCUT2D eigenvalue weighted by Gasteiger charge is 2.34. The lowest BCUT2D eigenvalue weighted by molar-refractivity contribution is -0.123. The topological polar surface area (TPSA) is 79.6 Å². The molecule has 0 unspecified atom stereocenters. The molecule has 0 spiro atoms. The van der Waals surface area contributed by atoms with Crippen molar-refractivity contribution in [2.75, 3.05) is 13.1 Å². The zero-order chi connectivity index (χ0) is 19.2. The van der Waals surface area contributed by atoms with Gasteiger partial charge in [-0.3, -0.25) is 19.3 Å². The Hall–Kier alpha value is -3.06. The third kappa shape index (κ3) is 4.98. The molecule has 3 amide bonds. The molecular weight excluding hydrogens is 364 g/mol. The van der Waals surface area contributed by atoms with Crippen molar-refractivity contribution < 1.29 is 18.8 Å². The number of aryl methyl sites for hydroxylation is 1. The second-order valence-electron chi connectivity index (χ2n) is 5.82. The van der Waals surface area contributed by atoms with E-state index in [0.717, 1.165) is 28.0 Å². The Morgan fingerprint density at radius 2 is 1.96 bits per heavy atom. The minimum absolute atomic E-state index is 0.121. The molecule has 1 fully saturated rings. The van der Waals surface area contributed by atoms with Gasteiger partial charge in [-0.05, 0) is 48.5 Å². The van der Waals surface area contributed by atoms with Crippen LogP contribution < -0.4 is 5.32 Å². The van der Waals surface area contributed by atoms with Crippen LogP contribution in [0, 0.1) is 6.92 Å². The molecule has 6 nitrogen and oxygen atoms in total. The summed E-state index contributed by atoms with van der Waals surface area (Å²) in [4.78, 5) is 37.8. The van der Waals surface area contributed by atoms with Gasteiger partial charge in [0.1, 0.15) is 11.5 Å². The molecule has 1 saturated heterocycles. The summed E-state index contributed by atoms with van der Waals surface area (Å²) in [5.41, 5.74) is 0.856. The van der Waals surface area contributed by atoms with Crippen molar-refractivity contribution in [2.24, 2.45) is 0 Å². The molecule has 1 aliphatic heterocycles. The molecule has 0 atom stereocenters. The Morgan fingerprint density at radius 1 is 1.19 bits per heavy atom. The molecule has 2 heterocycles. The number of carbonyl (C=O) groups excluding carboxylic acids is 3. The van der Waals surface area contributed by atoms with Crippen LogP contribution in [0.5, 0.6) is 0 Å². The summed E-state index contributed by atoms with van der Waals surface area (Å²) in [5, 5.41) is 2.31. The van der Waals surface area contributed by atoms with Crippen LogP contribution in [-0.4, -0.2) is 35.0 Å². The van der Waals surface area contributed by atoms with Crippen molar-refractivity contribution in [3.8, 4) is 0 Å². The van der Waals surface area contributed by atoms with Gasteiger partial charge >= 0.3 is 0 Å². The first-order valence-electron chi connectivity index (χ1n) is 8.36. The van der Waals surface area contributed by atoms with Gasteiger partial charge < -0.3 is 9.73 Å². The second-order valence-corrected chi connectivity index (χ2v) is 6.81. The number of furan rings is 1. The van der Waals surface area contributed by atoms with Gasteiger partial charge in [0.05, 0.1) is 4.91 Å². The number of nitrogens with zero attached hydrogens (tertiary/aromatic N) is 1. The molecular formula is C20H18N2O4S. The van der Waals surface area contributed by atoms with E-state index in [9.17, 15) is 14.4 Å². The highest BCUT2D eigenvalue weighted by atomic mass is 32.2. The van der Waals surface area contributed by atoms with E-state index in [4.69, 9.17) is 4.42 Å². The lowest BCUT2D eigenvalue weighted by Gasteiger charge is -2.12. The smallest absolute Gasteiger partial charge is 0.293 e. The van der Waals surface area contributed by atoms with Crippen molar-refractivity contribution in [3.05, 3.63) is 70.5 Å². The molecule has 1 N–H and O–H groups in total. The van der Waals surface area contributed by atoms with Crippen LogP contribution in [0.3, 0.4) is 0 Å². The monoisotopic (exact) mass is 382 g/mol. The Bertz CT molecular complexity index is 915. The van der Waals surface area contributed by atoms with Gasteiger partial charge in [0.2, 0.25) is 5.91 Å². The van der Waals surface area contributed by atoms with E-state index < -0.39 is 0 Å². The lowest BCUT2D eigenvalue weighted by atomic mass is 10.2. The molecule has 138 valence electrons. The maximum Gasteiger partial charge on any atom is 0.293 e. The summed E-state index contributed by atoms with van der Waals surface area (Å²) in [6, 6.07) is 12.9. The molecule has 0 aliphatic carbocycles. The number of hydrogen-bond donors (Lipinski definition) is 1. The van der Waals surface area contributed by atoms with Crippen LogP contribution >= 0.6 is 11.8 Å². The molecule has 1 aliphatic rings. The van der Waals surface area contributed by atoms with Crippen LogP contribution in [0.2, 0.25) is 0 Å². The van der Waals surface area contributed by atoms with Gasteiger partial charge in [0.15, 0.2) is 0 Å². The molecule has 3 rings (SSSR count). The van der Waals surface area contributed by atoms with Crippen molar-refractivity contribution in [1.82, 2.24) is 10.2 Å². The fourth-order valence-corrected chi connectivity index (χ4v) is 3.31. The van der Waals surface area contributed by atoms with Gasteiger partial charge in [0, 0.05) is 19.2 Å². The Labute approximate surface area is 160 Å². The van der Waals surface area contributed by atoms with E-state index in [-0.39, 0.29) is 30.1 Å². The molecule has 0 saturated carbocycles. The van der Waals surface area contributed by atoms with Crippen LogP contribution in [0.25, 0.3) is 12.2 Å². The van der Waals surface area contributed by atoms with Gasteiger partial charge in [-0.2, -0.15) is 0 Å². The fourth-order valence-electron chi connectivity index (χ4n) is 2.44. The maximum atomic E-state index is 12.4. The van der Waals surface area contributed by atoms with Crippen LogP contribution in [0.4, 0.5) is 4.79 Å². The average molecular weight is 382 g/mol. The van der Waals surface area contributed by atoms with Crippen LogP contribution in [0.15, 0.2) is 57.9 Å². The average Bonchev–Trinajstić information content (AvgIpc) is 3.19. The minimum atomic E-state index is -0.343. The summed E-state index contributed by atoms with van der Waals surface area (Å²) < 4.78 is 5.34. The van der Waals surface area contributed by atoms with Crippen molar-refractivity contribution >= 4 is 41.0 Å². The number of carbonyl (C=O) groups is 3. The van der Waals surface area contributed by atoms with Gasteiger partial charge in [-0.25, -0.2) is 0 Å². The predicted octanol–water partition coefficient (Wildman–Crippen LogP) is 3.45. The first-order valence-corrected chi connectivity index (χ1v) is 9.17. The molecule has 0 radical (unpaired) electrons. The third-order valence-electron chi connectivity index (χ3n) is 3.77. The summed E-state index contributed by atoms with van der Waals surface area (Å²) in [6.45, 7) is 2.12. The van der Waals surface area contributed by atoms with E-state index in [1.807, 2.05) is 37.3 Å². The van der Waals surface area contributed by atoms with E-state index in [0.29, 0.717) is 10.7 Å². The summed E-state index contributed by atoms with van der Waals surface area (Å²) in [7, 11) is 0. The predicted molar refractivity (Wildman–Crippen MR) is 105 cm³/mol. The molecule has 27 heavy (non-hydrogen) atoms. The van der Waals surface area contributed by atoms with Gasteiger partial charge in [0.25, 0.3) is 11.1 Å². The number of rotatable bonds is 6. The zero-order valence-corrected chi connectivity index (χ0v) is 15.5. The highest BCUT2D eigenvalue weighted by Crippen LogP contribution is 2.31.